The summed E-state index contributed by atoms with van der Waals surface area (Å²) >= 11 is 0. The Bertz CT molecular complexity index is 1420. The summed E-state index contributed by atoms with van der Waals surface area (Å²) in [4.78, 5) is 18.0. The van der Waals surface area contributed by atoms with Crippen LogP contribution in [-0.2, 0) is 4.79 Å². The molecule has 0 radical (unpaired) electrons. The number of aromatic amines is 1. The van der Waals surface area contributed by atoms with Crippen molar-refractivity contribution in [1.29, 1.82) is 0 Å². The molecule has 1 atom stereocenters. The number of anilines is 1. The van der Waals surface area contributed by atoms with E-state index in [1.807, 2.05) is 12.1 Å². The minimum absolute atomic E-state index is 0.314. The number of amidine groups is 1. The molecule has 8 nitrogen and oxygen atoms in total. The van der Waals surface area contributed by atoms with Crippen LogP contribution in [0.3, 0.4) is 0 Å². The van der Waals surface area contributed by atoms with Crippen LogP contribution in [0.2, 0.25) is 0 Å². The first-order valence-electron chi connectivity index (χ1n) is 10.2. The lowest BCUT2D eigenvalue weighted by Crippen LogP contribution is -2.42. The molecule has 2 aromatic carbocycles. The van der Waals surface area contributed by atoms with Gasteiger partial charge >= 0.3 is 0 Å². The van der Waals surface area contributed by atoms with Gasteiger partial charge in [-0.3, -0.25) is 9.89 Å². The van der Waals surface area contributed by atoms with E-state index in [1.165, 1.54) is 18.3 Å². The predicted molar refractivity (Wildman–Crippen MR) is 122 cm³/mol. The number of H-pyrrole nitrogens is 1. The Morgan fingerprint density at radius 3 is 2.76 bits per heavy atom. The van der Waals surface area contributed by atoms with Crippen molar-refractivity contribution in [3.8, 4) is 0 Å². The lowest BCUT2D eigenvalue weighted by Gasteiger charge is -2.26. The van der Waals surface area contributed by atoms with Crippen molar-refractivity contribution >= 4 is 28.3 Å². The molecule has 3 N–H and O–H groups in total. The first kappa shape index (κ1) is 20.4. The normalized spacial score (nSPS) is 15.8. The zero-order valence-corrected chi connectivity index (χ0v) is 17.5. The summed E-state index contributed by atoms with van der Waals surface area (Å²) in [5.41, 5.74) is 3.30. The van der Waals surface area contributed by atoms with Crippen molar-refractivity contribution < 1.29 is 13.9 Å². The zero-order chi connectivity index (χ0) is 22.9. The molecule has 0 saturated heterocycles. The molecule has 4 aromatic rings. The van der Waals surface area contributed by atoms with E-state index in [0.29, 0.717) is 38.8 Å². The van der Waals surface area contributed by atoms with Crippen molar-refractivity contribution in [3.63, 3.8) is 0 Å². The highest BCUT2D eigenvalue weighted by atomic mass is 19.1. The molecule has 2 aromatic heterocycles. The average Bonchev–Trinajstić information content (AvgIpc) is 3.27. The fourth-order valence-electron chi connectivity index (χ4n) is 3.82. The van der Waals surface area contributed by atoms with Gasteiger partial charge in [-0.15, -0.1) is 0 Å². The average molecular weight is 442 g/mol. The van der Waals surface area contributed by atoms with Crippen molar-refractivity contribution in [2.75, 3.05) is 5.32 Å². The number of aromatic nitrogens is 3. The Kier molecular flexibility index (Phi) is 5.06. The number of carbonyl (C=O) groups is 1. The molecule has 9 heteroatoms. The number of fused-ring (bicyclic) bond motifs is 1. The van der Waals surface area contributed by atoms with E-state index < -0.39 is 11.9 Å². The number of carbonyl (C=O) groups excluding carboxylic acids is 1. The van der Waals surface area contributed by atoms with E-state index >= 15 is 0 Å². The van der Waals surface area contributed by atoms with Crippen molar-refractivity contribution in [1.82, 2.24) is 15.5 Å². The molecule has 0 fully saturated rings. The van der Waals surface area contributed by atoms with Crippen LogP contribution >= 0.6 is 0 Å². The molecule has 0 saturated carbocycles. The van der Waals surface area contributed by atoms with Gasteiger partial charge in [0.2, 0.25) is 5.84 Å². The van der Waals surface area contributed by atoms with Crippen LogP contribution in [0.15, 0.2) is 89.3 Å². The van der Waals surface area contributed by atoms with E-state index in [4.69, 9.17) is 0 Å². The number of hydrogen-bond acceptors (Lipinski definition) is 5. The van der Waals surface area contributed by atoms with E-state index in [-0.39, 0.29) is 5.91 Å². The number of benzene rings is 2. The van der Waals surface area contributed by atoms with Gasteiger partial charge in [-0.05, 0) is 48.9 Å². The molecule has 1 unspecified atom stereocenters. The largest absolute Gasteiger partial charge is 0.618 e. The van der Waals surface area contributed by atoms with E-state index in [0.717, 1.165) is 10.9 Å². The number of aliphatic imine (C=N–C) groups is 1. The Labute approximate surface area is 188 Å². The highest BCUT2D eigenvalue weighted by Crippen LogP contribution is 2.32. The van der Waals surface area contributed by atoms with E-state index in [9.17, 15) is 14.4 Å². The van der Waals surface area contributed by atoms with Crippen molar-refractivity contribution in [2.24, 2.45) is 4.99 Å². The van der Waals surface area contributed by atoms with Gasteiger partial charge in [-0.25, -0.2) is 9.38 Å². The second kappa shape index (κ2) is 8.19. The SMILES string of the molecule is CC1=C(C(=O)Nc2ccc3[nH]ncc3c2)C(c2ccc(F)cc2)N=C(c2cccc[n+]2[O-])N1. The number of hydrogen-bond donors (Lipinski definition) is 3. The van der Waals surface area contributed by atoms with Gasteiger partial charge < -0.3 is 15.8 Å². The zero-order valence-electron chi connectivity index (χ0n) is 17.5. The van der Waals surface area contributed by atoms with Crippen molar-refractivity contribution in [3.05, 3.63) is 107 Å². The third-order valence-electron chi connectivity index (χ3n) is 5.44. The third-order valence-corrected chi connectivity index (χ3v) is 5.44. The van der Waals surface area contributed by atoms with Gasteiger partial charge in [0, 0.05) is 28.9 Å². The van der Waals surface area contributed by atoms with Gasteiger partial charge in [0.1, 0.15) is 11.9 Å². The maximum absolute atomic E-state index is 13.6. The molecule has 1 amide bonds. The summed E-state index contributed by atoms with van der Waals surface area (Å²) in [7, 11) is 0. The van der Waals surface area contributed by atoms with Gasteiger partial charge in [-0.1, -0.05) is 12.1 Å². The number of allylic oxidation sites excluding steroid dienone is 1. The fraction of sp³-hybridized carbons (Fsp3) is 0.0833. The molecule has 5 rings (SSSR count). The standard InChI is InChI=1S/C24H19FN6O2/c1-14-21(24(32)28-18-9-10-19-16(12-18)13-26-30-19)22(15-5-7-17(25)8-6-15)29-23(27-14)20-4-2-3-11-31(20)33/h2-13,22H,1H3,(H,26,30)(H,27,29)(H,28,32). The summed E-state index contributed by atoms with van der Waals surface area (Å²) in [5.74, 6) is -0.422. The Morgan fingerprint density at radius 1 is 1.15 bits per heavy atom. The highest BCUT2D eigenvalue weighted by molar-refractivity contribution is 6.08. The topological polar surface area (TPSA) is 109 Å². The van der Waals surface area contributed by atoms with Crippen LogP contribution in [-0.4, -0.2) is 21.9 Å². The van der Waals surface area contributed by atoms with E-state index in [2.05, 4.69) is 25.8 Å². The summed E-state index contributed by atoms with van der Waals surface area (Å²) in [5, 5.41) is 26.0. The Morgan fingerprint density at radius 2 is 1.97 bits per heavy atom. The molecule has 0 bridgehead atoms. The van der Waals surface area contributed by atoms with E-state index in [1.54, 1.807) is 49.5 Å². The van der Waals surface area contributed by atoms with Crippen LogP contribution in [0.5, 0.6) is 0 Å². The lowest BCUT2D eigenvalue weighted by atomic mass is 9.95. The molecule has 33 heavy (non-hydrogen) atoms. The van der Waals surface area contributed by atoms with Crippen molar-refractivity contribution in [2.45, 2.75) is 13.0 Å². The summed E-state index contributed by atoms with van der Waals surface area (Å²) in [6, 6.07) is 15.5. The molecule has 0 aliphatic carbocycles. The smallest absolute Gasteiger partial charge is 0.259 e. The molecule has 164 valence electrons. The fourth-order valence-corrected chi connectivity index (χ4v) is 3.82. The van der Waals surface area contributed by atoms with Crippen LogP contribution in [0.1, 0.15) is 24.2 Å². The van der Waals surface area contributed by atoms with Gasteiger partial charge in [0.05, 0.1) is 17.3 Å². The quantitative estimate of drug-likeness (QED) is 0.333. The van der Waals surface area contributed by atoms with Crippen LogP contribution in [0.4, 0.5) is 10.1 Å². The monoisotopic (exact) mass is 442 g/mol. The molecule has 1 aliphatic rings. The third kappa shape index (κ3) is 3.91. The molecular weight excluding hydrogens is 423 g/mol. The first-order chi connectivity index (χ1) is 16.0. The molecular formula is C24H19FN6O2. The Balaban J connectivity index is 1.54. The maximum atomic E-state index is 13.6. The molecule has 3 heterocycles. The lowest BCUT2D eigenvalue weighted by molar-refractivity contribution is -0.607. The van der Waals surface area contributed by atoms with Crippen LogP contribution in [0.25, 0.3) is 10.9 Å². The minimum Gasteiger partial charge on any atom is -0.618 e. The number of amides is 1. The van der Waals surface area contributed by atoms with Crippen LogP contribution < -0.4 is 15.4 Å². The maximum Gasteiger partial charge on any atom is 0.259 e. The number of nitrogens with zero attached hydrogens (tertiary/aromatic N) is 3. The summed E-state index contributed by atoms with van der Waals surface area (Å²) in [6.45, 7) is 1.75. The molecule has 1 aliphatic heterocycles. The second-order valence-electron chi connectivity index (χ2n) is 7.63. The van der Waals surface area contributed by atoms with Gasteiger partial charge in [0.15, 0.2) is 6.20 Å². The predicted octanol–water partition coefficient (Wildman–Crippen LogP) is 3.34. The highest BCUT2D eigenvalue weighted by Gasteiger charge is 2.31. The van der Waals surface area contributed by atoms with Gasteiger partial charge in [0.25, 0.3) is 11.6 Å². The number of halogens is 1. The minimum atomic E-state index is -0.736. The number of nitrogens with one attached hydrogen (secondary N) is 3. The second-order valence-corrected chi connectivity index (χ2v) is 7.63. The Hall–Kier alpha value is -4.53. The van der Waals surface area contributed by atoms with Crippen LogP contribution in [0, 0.1) is 11.0 Å². The molecule has 0 spiro atoms. The number of pyridine rings is 1. The van der Waals surface area contributed by atoms with Gasteiger partial charge in [-0.2, -0.15) is 9.83 Å². The number of rotatable bonds is 4. The summed E-state index contributed by atoms with van der Waals surface area (Å²) < 4.78 is 14.3. The summed E-state index contributed by atoms with van der Waals surface area (Å²) in [6.07, 6.45) is 3.05. The first-order valence-corrected chi connectivity index (χ1v) is 10.2.